The van der Waals surface area contributed by atoms with Gasteiger partial charge in [0.2, 0.25) is 0 Å². The summed E-state index contributed by atoms with van der Waals surface area (Å²) in [6, 6.07) is 0. The van der Waals surface area contributed by atoms with Crippen molar-refractivity contribution in [2.45, 2.75) is 122 Å². The number of carbonyl (C=O) groups is 2. The molecule has 4 saturated carbocycles. The molecular weight excluding hydrogens is 472 g/mol. The summed E-state index contributed by atoms with van der Waals surface area (Å²) in [6.45, 7) is 15.2. The normalized spacial score (nSPS) is 45.9. The van der Waals surface area contributed by atoms with Crippen LogP contribution in [0.5, 0.6) is 0 Å². The Morgan fingerprint density at radius 3 is 2.46 bits per heavy atom. The Labute approximate surface area is 221 Å². The van der Waals surface area contributed by atoms with Crippen molar-refractivity contribution in [2.24, 2.45) is 40.4 Å². The predicted molar refractivity (Wildman–Crippen MR) is 139 cm³/mol. The summed E-state index contributed by atoms with van der Waals surface area (Å²) in [6.07, 6.45) is 1.18. The standard InChI is InChI=1S/C30H48O7/c1-16(2)17(3)12-26(34)29(7,35)25-9-11-30(36)20-13-22(32)21-14-23(33)24(37-18(4)31)15-27(21,5)19(20)8-10-28(25,30)6/h16,19-21,23-26,33-36H,3,8-15H2,1-2,4-7H3/t19-,20+,21+,23+,24-,25-,26+,27+,28+,29+,30+/m0/s1. The maximum absolute atomic E-state index is 13.5. The van der Waals surface area contributed by atoms with Crippen LogP contribution in [-0.4, -0.2) is 61.7 Å². The third-order valence-electron chi connectivity index (χ3n) is 11.6. The highest BCUT2D eigenvalue weighted by molar-refractivity contribution is 5.83. The number of aliphatic hydroxyl groups excluding tert-OH is 2. The van der Waals surface area contributed by atoms with E-state index in [0.717, 1.165) is 12.0 Å². The third kappa shape index (κ3) is 4.32. The van der Waals surface area contributed by atoms with Gasteiger partial charge in [-0.3, -0.25) is 9.59 Å². The molecule has 0 aromatic rings. The number of carbonyl (C=O) groups excluding carboxylic acids is 2. The lowest BCUT2D eigenvalue weighted by atomic mass is 9.42. The third-order valence-corrected chi connectivity index (χ3v) is 11.6. The average molecular weight is 521 g/mol. The van der Waals surface area contributed by atoms with Gasteiger partial charge in [-0.1, -0.05) is 39.8 Å². The smallest absolute Gasteiger partial charge is 0.302 e. The quantitative estimate of drug-likeness (QED) is 0.312. The van der Waals surface area contributed by atoms with Gasteiger partial charge >= 0.3 is 5.97 Å². The van der Waals surface area contributed by atoms with E-state index < -0.39 is 46.3 Å². The van der Waals surface area contributed by atoms with Crippen LogP contribution in [0.25, 0.3) is 0 Å². The first-order valence-electron chi connectivity index (χ1n) is 14.2. The van der Waals surface area contributed by atoms with E-state index in [0.29, 0.717) is 32.1 Å². The highest BCUT2D eigenvalue weighted by Gasteiger charge is 2.71. The molecule has 11 atom stereocenters. The molecule has 0 bridgehead atoms. The van der Waals surface area contributed by atoms with Crippen molar-refractivity contribution in [3.63, 3.8) is 0 Å². The second kappa shape index (κ2) is 9.42. The van der Waals surface area contributed by atoms with E-state index in [9.17, 15) is 30.0 Å². The van der Waals surface area contributed by atoms with Crippen molar-refractivity contribution in [1.29, 1.82) is 0 Å². The number of ketones is 1. The Balaban J connectivity index is 1.64. The summed E-state index contributed by atoms with van der Waals surface area (Å²) in [7, 11) is 0. The summed E-state index contributed by atoms with van der Waals surface area (Å²) >= 11 is 0. The highest BCUT2D eigenvalue weighted by Crippen LogP contribution is 2.70. The van der Waals surface area contributed by atoms with Gasteiger partial charge in [-0.25, -0.2) is 0 Å². The molecule has 0 unspecified atom stereocenters. The Morgan fingerprint density at radius 2 is 1.86 bits per heavy atom. The van der Waals surface area contributed by atoms with Gasteiger partial charge in [-0.05, 0) is 81.0 Å². The van der Waals surface area contributed by atoms with E-state index in [2.05, 4.69) is 13.5 Å². The van der Waals surface area contributed by atoms with Crippen LogP contribution in [0.4, 0.5) is 0 Å². The second-order valence-electron chi connectivity index (χ2n) is 13.8. The summed E-state index contributed by atoms with van der Waals surface area (Å²) in [5, 5.41) is 46.0. The van der Waals surface area contributed by atoms with Crippen molar-refractivity contribution in [1.82, 2.24) is 0 Å². The molecule has 7 nitrogen and oxygen atoms in total. The van der Waals surface area contributed by atoms with E-state index in [1.807, 2.05) is 20.8 Å². The molecule has 0 saturated heterocycles. The van der Waals surface area contributed by atoms with Gasteiger partial charge in [0.05, 0.1) is 23.4 Å². The number of fused-ring (bicyclic) bond motifs is 5. The number of hydrogen-bond donors (Lipinski definition) is 4. The molecule has 37 heavy (non-hydrogen) atoms. The van der Waals surface area contributed by atoms with Gasteiger partial charge in [-0.15, -0.1) is 0 Å². The molecule has 4 aliphatic carbocycles. The van der Waals surface area contributed by atoms with Crippen LogP contribution in [0.15, 0.2) is 12.2 Å². The molecule has 4 N–H and O–H groups in total. The van der Waals surface area contributed by atoms with E-state index >= 15 is 0 Å². The van der Waals surface area contributed by atoms with Gasteiger partial charge in [0.15, 0.2) is 0 Å². The fraction of sp³-hybridized carbons (Fsp3) is 0.867. The average Bonchev–Trinajstić information content (AvgIpc) is 3.07. The lowest BCUT2D eigenvalue weighted by Crippen LogP contribution is -2.67. The molecule has 7 heteroatoms. The SMILES string of the molecule is C=C(C[C@@H](O)[C@](C)(O)[C@H]1CC[C@@]2(O)[C@@H]3CC(=O)[C@H]4C[C@@H](O)[C@@H](OC(C)=O)C[C@]4(C)[C@H]3CC[C@]12C)C(C)C. The number of aliphatic hydroxyl groups is 4. The molecule has 0 spiro atoms. The summed E-state index contributed by atoms with van der Waals surface area (Å²) < 4.78 is 5.47. The Hall–Kier alpha value is -1.28. The van der Waals surface area contributed by atoms with E-state index in [1.54, 1.807) is 6.92 Å². The summed E-state index contributed by atoms with van der Waals surface area (Å²) in [5.74, 6) is -1.09. The maximum Gasteiger partial charge on any atom is 0.302 e. The number of ether oxygens (including phenoxy) is 1. The number of rotatable bonds is 6. The van der Waals surface area contributed by atoms with Gasteiger partial charge in [-0.2, -0.15) is 0 Å². The minimum absolute atomic E-state index is 0.0353. The highest BCUT2D eigenvalue weighted by atomic mass is 16.6. The molecule has 0 aromatic carbocycles. The minimum atomic E-state index is -1.41. The summed E-state index contributed by atoms with van der Waals surface area (Å²) in [4.78, 5) is 25.3. The van der Waals surface area contributed by atoms with Crippen molar-refractivity contribution < 1.29 is 34.8 Å². The van der Waals surface area contributed by atoms with Crippen LogP contribution in [0.1, 0.15) is 92.9 Å². The van der Waals surface area contributed by atoms with Crippen molar-refractivity contribution >= 4 is 11.8 Å². The van der Waals surface area contributed by atoms with E-state index in [-0.39, 0.29) is 48.2 Å². The van der Waals surface area contributed by atoms with Crippen LogP contribution < -0.4 is 0 Å². The first-order chi connectivity index (χ1) is 17.0. The summed E-state index contributed by atoms with van der Waals surface area (Å²) in [5.41, 5.74) is -2.84. The molecule has 4 aliphatic rings. The van der Waals surface area contributed by atoms with E-state index in [4.69, 9.17) is 4.74 Å². The monoisotopic (exact) mass is 520 g/mol. The Kier molecular flexibility index (Phi) is 7.32. The Morgan fingerprint density at radius 1 is 1.22 bits per heavy atom. The molecular formula is C30H48O7. The second-order valence-corrected chi connectivity index (χ2v) is 13.8. The van der Waals surface area contributed by atoms with Crippen LogP contribution in [0.3, 0.4) is 0 Å². The molecule has 210 valence electrons. The Bertz CT molecular complexity index is 942. The minimum Gasteiger partial charge on any atom is -0.460 e. The van der Waals surface area contributed by atoms with Crippen molar-refractivity contribution in [3.05, 3.63) is 12.2 Å². The van der Waals surface area contributed by atoms with Gasteiger partial charge in [0.1, 0.15) is 11.9 Å². The zero-order chi connectivity index (χ0) is 27.7. The van der Waals surface area contributed by atoms with E-state index in [1.165, 1.54) is 6.92 Å². The fourth-order valence-corrected chi connectivity index (χ4v) is 9.20. The number of Topliss-reactive ketones (excluding diaryl/α,β-unsaturated/α-hetero) is 1. The largest absolute Gasteiger partial charge is 0.460 e. The molecule has 0 amide bonds. The topological polar surface area (TPSA) is 124 Å². The zero-order valence-corrected chi connectivity index (χ0v) is 23.5. The molecule has 0 aromatic heterocycles. The number of hydrogen-bond acceptors (Lipinski definition) is 7. The molecule has 0 heterocycles. The molecule has 0 radical (unpaired) electrons. The maximum atomic E-state index is 13.5. The van der Waals surface area contributed by atoms with Crippen LogP contribution in [-0.2, 0) is 14.3 Å². The molecule has 0 aliphatic heterocycles. The lowest BCUT2D eigenvalue weighted by Gasteiger charge is -2.64. The first kappa shape index (κ1) is 28.7. The fourth-order valence-electron chi connectivity index (χ4n) is 9.20. The predicted octanol–water partition coefficient (Wildman–Crippen LogP) is 3.56. The molecule has 4 fully saturated rings. The van der Waals surface area contributed by atoms with Gasteiger partial charge < -0.3 is 25.2 Å². The van der Waals surface area contributed by atoms with Crippen molar-refractivity contribution in [2.75, 3.05) is 0 Å². The number of esters is 1. The van der Waals surface area contributed by atoms with Gasteiger partial charge in [0, 0.05) is 24.7 Å². The van der Waals surface area contributed by atoms with Crippen LogP contribution in [0.2, 0.25) is 0 Å². The zero-order valence-electron chi connectivity index (χ0n) is 23.5. The van der Waals surface area contributed by atoms with Crippen molar-refractivity contribution in [3.8, 4) is 0 Å². The van der Waals surface area contributed by atoms with Crippen LogP contribution in [0, 0.1) is 40.4 Å². The van der Waals surface area contributed by atoms with Crippen LogP contribution >= 0.6 is 0 Å². The first-order valence-corrected chi connectivity index (χ1v) is 14.2. The van der Waals surface area contributed by atoms with Gasteiger partial charge in [0.25, 0.3) is 0 Å². The lowest BCUT2D eigenvalue weighted by molar-refractivity contribution is -0.233. The molecule has 4 rings (SSSR count).